The second kappa shape index (κ2) is 13.9. The van der Waals surface area contributed by atoms with Gasteiger partial charge in [-0.1, -0.05) is 44.2 Å². The molecule has 0 bridgehead atoms. The molecular weight excluding hydrogens is 528 g/mol. The van der Waals surface area contributed by atoms with E-state index in [0.717, 1.165) is 5.56 Å². The number of carbonyl (C=O) groups excluding carboxylic acids is 4. The Labute approximate surface area is 238 Å². The van der Waals surface area contributed by atoms with Crippen LogP contribution >= 0.6 is 0 Å². The number of carbonyl (C=O) groups is 4. The normalized spacial score (nSPS) is 14.9. The van der Waals surface area contributed by atoms with Crippen molar-refractivity contribution in [1.29, 1.82) is 0 Å². The van der Waals surface area contributed by atoms with Crippen molar-refractivity contribution in [1.82, 2.24) is 20.5 Å². The van der Waals surface area contributed by atoms with Gasteiger partial charge in [0.1, 0.15) is 11.6 Å². The van der Waals surface area contributed by atoms with Crippen LogP contribution in [0.25, 0.3) is 11.1 Å². The number of benzene rings is 2. The van der Waals surface area contributed by atoms with E-state index in [-0.39, 0.29) is 48.1 Å². The quantitative estimate of drug-likeness (QED) is 0.266. The lowest BCUT2D eigenvalue weighted by Gasteiger charge is -2.29. The number of Topliss-reactive ketones (excluding diaryl/α,β-unsaturated/α-hetero) is 1. The zero-order chi connectivity index (χ0) is 29.4. The Balaban J connectivity index is 1.46. The summed E-state index contributed by atoms with van der Waals surface area (Å²) in [6.45, 7) is 6.05. The number of ketones is 1. The number of amides is 3. The van der Waals surface area contributed by atoms with E-state index in [0.29, 0.717) is 43.8 Å². The van der Waals surface area contributed by atoms with Crippen LogP contribution in [0.3, 0.4) is 0 Å². The number of ether oxygens (including phenoxy) is 2. The first-order chi connectivity index (χ1) is 19.8. The van der Waals surface area contributed by atoms with Crippen molar-refractivity contribution in [3.8, 4) is 0 Å². The second-order valence-electron chi connectivity index (χ2n) is 10.3. The summed E-state index contributed by atoms with van der Waals surface area (Å²) < 4.78 is 15.8. The largest absolute Gasteiger partial charge is 0.465 e. The third-order valence-electron chi connectivity index (χ3n) is 6.89. The van der Waals surface area contributed by atoms with E-state index >= 15 is 0 Å². The highest BCUT2D eigenvalue weighted by atomic mass is 16.5. The summed E-state index contributed by atoms with van der Waals surface area (Å²) in [5.74, 6) is -1.73. The SMILES string of the molecule is COC(=O)c1ccc2nc(C(=O)C(CCNC(=O)[C@H](CC(C)C)NC(=O)N3CCOCC3)c3ccccc3)oc2c1. The molecule has 0 radical (unpaired) electrons. The first kappa shape index (κ1) is 29.7. The number of hydrogen-bond acceptors (Lipinski definition) is 8. The molecule has 0 spiro atoms. The van der Waals surface area contributed by atoms with Crippen LogP contribution in [0, 0.1) is 5.92 Å². The van der Waals surface area contributed by atoms with Crippen molar-refractivity contribution >= 4 is 34.8 Å². The van der Waals surface area contributed by atoms with Gasteiger partial charge in [-0.25, -0.2) is 14.6 Å². The second-order valence-corrected chi connectivity index (χ2v) is 10.3. The topological polar surface area (TPSA) is 140 Å². The first-order valence-electron chi connectivity index (χ1n) is 13.8. The van der Waals surface area contributed by atoms with Gasteiger partial charge < -0.3 is 29.4 Å². The average molecular weight is 565 g/mol. The van der Waals surface area contributed by atoms with E-state index in [1.165, 1.54) is 13.2 Å². The maximum Gasteiger partial charge on any atom is 0.337 e. The minimum absolute atomic E-state index is 0.0855. The molecule has 1 aliphatic rings. The minimum Gasteiger partial charge on any atom is -0.465 e. The summed E-state index contributed by atoms with van der Waals surface area (Å²) in [6, 6.07) is 12.8. The van der Waals surface area contributed by atoms with Crippen LogP contribution in [0.2, 0.25) is 0 Å². The molecule has 1 aliphatic heterocycles. The fraction of sp³-hybridized carbons (Fsp3) is 0.433. The van der Waals surface area contributed by atoms with Crippen LogP contribution in [-0.2, 0) is 14.3 Å². The number of methoxy groups -OCH3 is 1. The Bertz CT molecular complexity index is 1370. The van der Waals surface area contributed by atoms with E-state index in [1.807, 2.05) is 44.2 Å². The molecule has 3 aromatic rings. The molecule has 1 aromatic heterocycles. The molecule has 11 heteroatoms. The van der Waals surface area contributed by atoms with E-state index in [9.17, 15) is 19.2 Å². The number of nitrogens with zero attached hydrogens (tertiary/aromatic N) is 2. The summed E-state index contributed by atoms with van der Waals surface area (Å²) in [6.07, 6.45) is 0.756. The van der Waals surface area contributed by atoms with Crippen LogP contribution in [0.1, 0.15) is 59.2 Å². The summed E-state index contributed by atoms with van der Waals surface area (Å²) in [5, 5.41) is 5.77. The zero-order valence-electron chi connectivity index (χ0n) is 23.6. The predicted octanol–water partition coefficient (Wildman–Crippen LogP) is 3.54. The molecule has 3 amide bonds. The smallest absolute Gasteiger partial charge is 0.337 e. The lowest BCUT2D eigenvalue weighted by Crippen LogP contribution is -2.54. The van der Waals surface area contributed by atoms with Gasteiger partial charge in [0.25, 0.3) is 5.89 Å². The van der Waals surface area contributed by atoms with Gasteiger partial charge >= 0.3 is 12.0 Å². The van der Waals surface area contributed by atoms with Crippen molar-refractivity contribution in [2.45, 2.75) is 38.6 Å². The molecule has 4 rings (SSSR count). The first-order valence-corrected chi connectivity index (χ1v) is 13.8. The van der Waals surface area contributed by atoms with Gasteiger partial charge in [0.2, 0.25) is 11.7 Å². The van der Waals surface area contributed by atoms with Gasteiger partial charge in [-0.15, -0.1) is 0 Å². The number of oxazole rings is 1. The number of rotatable bonds is 11. The van der Waals surface area contributed by atoms with E-state index < -0.39 is 17.9 Å². The van der Waals surface area contributed by atoms with Gasteiger partial charge in [-0.05, 0) is 42.5 Å². The van der Waals surface area contributed by atoms with E-state index in [4.69, 9.17) is 13.9 Å². The van der Waals surface area contributed by atoms with Crippen LogP contribution < -0.4 is 10.6 Å². The fourth-order valence-corrected chi connectivity index (χ4v) is 4.73. The number of urea groups is 1. The molecule has 1 saturated heterocycles. The van der Waals surface area contributed by atoms with E-state index in [1.54, 1.807) is 17.0 Å². The highest BCUT2D eigenvalue weighted by Gasteiger charge is 2.29. The lowest BCUT2D eigenvalue weighted by molar-refractivity contribution is -0.123. The molecule has 2 heterocycles. The molecule has 2 N–H and O–H groups in total. The maximum absolute atomic E-state index is 13.6. The van der Waals surface area contributed by atoms with Crippen LogP contribution in [0.5, 0.6) is 0 Å². The molecular formula is C30H36N4O7. The third-order valence-corrected chi connectivity index (χ3v) is 6.89. The third kappa shape index (κ3) is 7.69. The molecule has 2 aromatic carbocycles. The van der Waals surface area contributed by atoms with E-state index in [2.05, 4.69) is 15.6 Å². The van der Waals surface area contributed by atoms with Crippen LogP contribution in [-0.4, -0.2) is 79.6 Å². The Morgan fingerprint density at radius 1 is 1.05 bits per heavy atom. The van der Waals surface area contributed by atoms with Gasteiger partial charge in [-0.3, -0.25) is 9.59 Å². The molecule has 2 atom stereocenters. The maximum atomic E-state index is 13.6. The van der Waals surface area contributed by atoms with Gasteiger partial charge in [0.05, 0.1) is 31.8 Å². The number of nitrogens with one attached hydrogen (secondary N) is 2. The summed E-state index contributed by atoms with van der Waals surface area (Å²) >= 11 is 0. The highest BCUT2D eigenvalue weighted by molar-refractivity contribution is 6.00. The zero-order valence-corrected chi connectivity index (χ0v) is 23.6. The Hall–Kier alpha value is -4.25. The summed E-state index contributed by atoms with van der Waals surface area (Å²) in [5.41, 5.74) is 1.77. The molecule has 1 unspecified atom stereocenters. The molecule has 0 aliphatic carbocycles. The molecule has 1 fully saturated rings. The number of hydrogen-bond donors (Lipinski definition) is 2. The summed E-state index contributed by atoms with van der Waals surface area (Å²) in [4.78, 5) is 57.4. The van der Waals surface area contributed by atoms with Crippen LogP contribution in [0.15, 0.2) is 52.9 Å². The standard InChI is InChI=1S/C30H36N4O7/c1-19(2)17-24(33-30(38)34-13-15-40-16-14-34)27(36)31-12-11-22(20-7-5-4-6-8-20)26(35)28-32-23-10-9-21(29(37)39-3)18-25(23)41-28/h4-10,18-19,22,24H,11-17H2,1-3H3,(H,31,36)(H,33,38)/t22?,24-/m0/s1. The van der Waals surface area contributed by atoms with Gasteiger partial charge in [0.15, 0.2) is 5.58 Å². The molecule has 11 nitrogen and oxygen atoms in total. The number of aromatic nitrogens is 1. The van der Waals surface area contributed by atoms with Gasteiger partial charge in [0, 0.05) is 19.6 Å². The number of fused-ring (bicyclic) bond motifs is 1. The van der Waals surface area contributed by atoms with Crippen molar-refractivity contribution in [3.05, 3.63) is 65.5 Å². The highest BCUT2D eigenvalue weighted by Crippen LogP contribution is 2.26. The lowest BCUT2D eigenvalue weighted by atomic mass is 9.91. The van der Waals surface area contributed by atoms with Crippen molar-refractivity contribution in [2.75, 3.05) is 40.0 Å². The van der Waals surface area contributed by atoms with Crippen molar-refractivity contribution in [3.63, 3.8) is 0 Å². The average Bonchev–Trinajstić information content (AvgIpc) is 3.42. The van der Waals surface area contributed by atoms with Crippen molar-refractivity contribution < 1.29 is 33.1 Å². The molecule has 41 heavy (non-hydrogen) atoms. The molecule has 0 saturated carbocycles. The van der Waals surface area contributed by atoms with Crippen LogP contribution in [0.4, 0.5) is 4.79 Å². The van der Waals surface area contributed by atoms with Gasteiger partial charge in [-0.2, -0.15) is 0 Å². The Morgan fingerprint density at radius 3 is 2.46 bits per heavy atom. The minimum atomic E-state index is -0.711. The number of esters is 1. The monoisotopic (exact) mass is 564 g/mol. The van der Waals surface area contributed by atoms with Crippen molar-refractivity contribution in [2.24, 2.45) is 5.92 Å². The molecule has 218 valence electrons. The predicted molar refractivity (Wildman–Crippen MR) is 151 cm³/mol. The Kier molecular flexibility index (Phi) is 10.1. The fourth-order valence-electron chi connectivity index (χ4n) is 4.73. The Morgan fingerprint density at radius 2 is 1.78 bits per heavy atom. The number of morpholine rings is 1. The summed E-state index contributed by atoms with van der Waals surface area (Å²) in [7, 11) is 1.29.